The number of carbonyl (C=O) groups excluding carboxylic acids is 1. The van der Waals surface area contributed by atoms with Crippen molar-refractivity contribution in [3.63, 3.8) is 0 Å². The number of ether oxygens (including phenoxy) is 2. The van der Waals surface area contributed by atoms with E-state index in [0.29, 0.717) is 6.42 Å². The van der Waals surface area contributed by atoms with Crippen LogP contribution in [0.4, 0.5) is 0 Å². The molecule has 1 aliphatic rings. The number of aliphatic hydroxyl groups is 5. The molecule has 1 saturated heterocycles. The average molecular weight is 1010 g/mol. The molecule has 0 aromatic rings. The quantitative estimate of drug-likeness (QED) is 0.0261. The van der Waals surface area contributed by atoms with Gasteiger partial charge in [-0.1, -0.05) is 309 Å². The molecule has 0 radical (unpaired) electrons. The Morgan fingerprint density at radius 1 is 0.465 bits per heavy atom. The lowest BCUT2D eigenvalue weighted by molar-refractivity contribution is -0.302. The maximum atomic E-state index is 13.0. The first-order valence-electron chi connectivity index (χ1n) is 31.4. The summed E-state index contributed by atoms with van der Waals surface area (Å²) in [6, 6.07) is -0.799. The predicted octanol–water partition coefficient (Wildman–Crippen LogP) is 16.0. The number of nitrogens with one attached hydrogen (secondary N) is 1. The number of hydrogen-bond donors (Lipinski definition) is 6. The Kier molecular flexibility index (Phi) is 50.1. The van der Waals surface area contributed by atoms with Crippen molar-refractivity contribution >= 4 is 5.91 Å². The van der Waals surface area contributed by atoms with Gasteiger partial charge in [0.05, 0.1) is 25.4 Å². The van der Waals surface area contributed by atoms with Crippen molar-refractivity contribution in [2.45, 2.75) is 365 Å². The Morgan fingerprint density at radius 3 is 1.10 bits per heavy atom. The fourth-order valence-corrected chi connectivity index (χ4v) is 10.4. The van der Waals surface area contributed by atoms with Gasteiger partial charge in [0.1, 0.15) is 24.4 Å². The van der Waals surface area contributed by atoms with Crippen LogP contribution >= 0.6 is 0 Å². The molecule has 9 nitrogen and oxygen atoms in total. The number of carbonyl (C=O) groups is 1. The maximum Gasteiger partial charge on any atom is 0.220 e. The van der Waals surface area contributed by atoms with E-state index in [2.05, 4.69) is 19.2 Å². The van der Waals surface area contributed by atoms with Crippen LogP contribution in [0.1, 0.15) is 322 Å². The second-order valence-corrected chi connectivity index (χ2v) is 22.2. The predicted molar refractivity (Wildman–Crippen MR) is 300 cm³/mol. The first kappa shape index (κ1) is 67.9. The van der Waals surface area contributed by atoms with Crippen molar-refractivity contribution < 1.29 is 39.8 Å². The highest BCUT2D eigenvalue weighted by atomic mass is 16.7. The first-order chi connectivity index (χ1) is 34.8. The molecule has 0 aromatic heterocycles. The lowest BCUT2D eigenvalue weighted by atomic mass is 9.99. The summed E-state index contributed by atoms with van der Waals surface area (Å²) in [4.78, 5) is 13.0. The van der Waals surface area contributed by atoms with Gasteiger partial charge < -0.3 is 40.3 Å². The highest BCUT2D eigenvalue weighted by Gasteiger charge is 2.44. The van der Waals surface area contributed by atoms with Crippen LogP contribution < -0.4 is 5.32 Å². The van der Waals surface area contributed by atoms with Crippen LogP contribution in [0.15, 0.2) is 12.2 Å². The third-order valence-electron chi connectivity index (χ3n) is 15.4. The highest BCUT2D eigenvalue weighted by molar-refractivity contribution is 5.76. The molecule has 1 amide bonds. The largest absolute Gasteiger partial charge is 0.394 e. The molecular weight excluding hydrogens is 887 g/mol. The molecule has 0 saturated carbocycles. The second-order valence-electron chi connectivity index (χ2n) is 22.2. The lowest BCUT2D eigenvalue weighted by Gasteiger charge is -2.40. The zero-order valence-corrected chi connectivity index (χ0v) is 47.0. The summed E-state index contributed by atoms with van der Waals surface area (Å²) in [7, 11) is 0. The Bertz CT molecular complexity index is 1120. The van der Waals surface area contributed by atoms with E-state index in [0.717, 1.165) is 38.5 Å². The van der Waals surface area contributed by atoms with E-state index >= 15 is 0 Å². The smallest absolute Gasteiger partial charge is 0.220 e. The van der Waals surface area contributed by atoms with Crippen molar-refractivity contribution in [1.82, 2.24) is 5.32 Å². The van der Waals surface area contributed by atoms with Crippen molar-refractivity contribution in [1.29, 1.82) is 0 Å². The molecule has 0 aliphatic carbocycles. The molecular formula is C62H121NO8. The van der Waals surface area contributed by atoms with Gasteiger partial charge in [-0.05, 0) is 19.3 Å². The number of rotatable bonds is 55. The first-order valence-corrected chi connectivity index (χ1v) is 31.4. The van der Waals surface area contributed by atoms with Crippen molar-refractivity contribution in [2.75, 3.05) is 13.2 Å². The van der Waals surface area contributed by atoms with Gasteiger partial charge in [-0.15, -0.1) is 0 Å². The Hall–Kier alpha value is -1.07. The summed E-state index contributed by atoms with van der Waals surface area (Å²) in [6.45, 7) is 3.80. The van der Waals surface area contributed by atoms with Gasteiger partial charge in [0.15, 0.2) is 6.29 Å². The zero-order valence-electron chi connectivity index (χ0n) is 47.0. The second kappa shape index (κ2) is 52.4. The van der Waals surface area contributed by atoms with Crippen LogP contribution in [0, 0.1) is 0 Å². The molecule has 422 valence electrons. The minimum Gasteiger partial charge on any atom is -0.394 e. The van der Waals surface area contributed by atoms with E-state index in [1.807, 2.05) is 6.08 Å². The third kappa shape index (κ3) is 41.8. The Balaban J connectivity index is 2.03. The molecule has 0 bridgehead atoms. The standard InChI is InChI=1S/C62H121NO8/c1-3-5-7-9-11-13-15-17-18-19-20-21-22-23-24-25-26-27-28-29-30-31-32-33-34-35-36-37-38-39-40-42-44-46-48-50-52-58(66)63-55(54-70-62-61(69)60(68)59(67)57(53-64)71-62)56(65)51-49-47-45-43-41-16-14-12-10-8-6-4-2/h49,51,55-57,59-62,64-65,67-69H,3-48,50,52-54H2,1-2H3,(H,63,66)/b51-49+/t55-,56+,57+,59+,60?,61?,62+/m0/s1. The van der Waals surface area contributed by atoms with Crippen LogP contribution in [0.5, 0.6) is 0 Å². The molecule has 1 aliphatic heterocycles. The number of unbranched alkanes of at least 4 members (excludes halogenated alkanes) is 45. The van der Waals surface area contributed by atoms with Crippen molar-refractivity contribution in [3.05, 3.63) is 12.2 Å². The minimum atomic E-state index is -1.56. The van der Waals surface area contributed by atoms with Gasteiger partial charge in [-0.2, -0.15) is 0 Å². The third-order valence-corrected chi connectivity index (χ3v) is 15.4. The van der Waals surface area contributed by atoms with Gasteiger partial charge in [0.25, 0.3) is 0 Å². The van der Waals surface area contributed by atoms with E-state index < -0.39 is 49.5 Å². The summed E-state index contributed by atoms with van der Waals surface area (Å²) in [5, 5.41) is 54.4. The normalized spacial score (nSPS) is 19.2. The zero-order chi connectivity index (χ0) is 51.5. The minimum absolute atomic E-state index is 0.171. The van der Waals surface area contributed by atoms with E-state index in [1.54, 1.807) is 6.08 Å². The SMILES string of the molecule is CCCCCCCCCCCC/C=C/[C@@H](O)[C@H](CO[C@@H]1O[C@H](CO)[C@@H](O)C(O)C1O)NC(=O)CCCCCCCCCCCCCCCCCCCCCCCCCCCCCCCCCCCCCC. The summed E-state index contributed by atoms with van der Waals surface area (Å²) >= 11 is 0. The van der Waals surface area contributed by atoms with Gasteiger partial charge in [-0.25, -0.2) is 0 Å². The van der Waals surface area contributed by atoms with Crippen molar-refractivity contribution in [3.8, 4) is 0 Å². The molecule has 9 heteroatoms. The monoisotopic (exact) mass is 1010 g/mol. The fourth-order valence-electron chi connectivity index (χ4n) is 10.4. The molecule has 6 N–H and O–H groups in total. The summed E-state index contributed by atoms with van der Waals surface area (Å²) in [6.07, 6.45) is 59.0. The molecule has 0 aromatic carbocycles. The summed E-state index contributed by atoms with van der Waals surface area (Å²) in [5.74, 6) is -0.171. The van der Waals surface area contributed by atoms with Crippen LogP contribution in [0.2, 0.25) is 0 Å². The lowest BCUT2D eigenvalue weighted by Crippen LogP contribution is -2.60. The van der Waals surface area contributed by atoms with E-state index in [1.165, 1.54) is 263 Å². The average Bonchev–Trinajstić information content (AvgIpc) is 3.37. The number of aliphatic hydroxyl groups excluding tert-OH is 5. The summed E-state index contributed by atoms with van der Waals surface area (Å²) in [5.41, 5.74) is 0. The van der Waals surface area contributed by atoms with Gasteiger partial charge in [-0.3, -0.25) is 4.79 Å². The van der Waals surface area contributed by atoms with Gasteiger partial charge >= 0.3 is 0 Å². The van der Waals surface area contributed by atoms with Gasteiger partial charge in [0, 0.05) is 6.42 Å². The van der Waals surface area contributed by atoms with E-state index in [9.17, 15) is 30.3 Å². The molecule has 1 rings (SSSR count). The highest BCUT2D eigenvalue weighted by Crippen LogP contribution is 2.23. The maximum absolute atomic E-state index is 13.0. The number of amides is 1. The molecule has 1 fully saturated rings. The van der Waals surface area contributed by atoms with Gasteiger partial charge in [0.2, 0.25) is 5.91 Å². The topological polar surface area (TPSA) is 149 Å². The van der Waals surface area contributed by atoms with E-state index in [-0.39, 0.29) is 12.5 Å². The molecule has 0 spiro atoms. The molecule has 1 heterocycles. The Morgan fingerprint density at radius 2 is 0.775 bits per heavy atom. The number of allylic oxidation sites excluding steroid dienone is 1. The van der Waals surface area contributed by atoms with Crippen molar-refractivity contribution in [2.24, 2.45) is 0 Å². The van der Waals surface area contributed by atoms with E-state index in [4.69, 9.17) is 9.47 Å². The van der Waals surface area contributed by atoms with Crippen LogP contribution in [0.25, 0.3) is 0 Å². The Labute approximate surface area is 439 Å². The van der Waals surface area contributed by atoms with Crippen LogP contribution in [-0.2, 0) is 14.3 Å². The molecule has 2 unspecified atom stereocenters. The molecule has 71 heavy (non-hydrogen) atoms. The van der Waals surface area contributed by atoms with Crippen LogP contribution in [0.3, 0.4) is 0 Å². The fraction of sp³-hybridized carbons (Fsp3) is 0.952. The number of hydrogen-bond acceptors (Lipinski definition) is 8. The molecule has 7 atom stereocenters. The summed E-state index contributed by atoms with van der Waals surface area (Å²) < 4.78 is 11.3. The van der Waals surface area contributed by atoms with Crippen LogP contribution in [-0.4, -0.2) is 87.5 Å².